The fourth-order valence-electron chi connectivity index (χ4n) is 3.05. The molecule has 1 N–H and O–H groups in total. The third-order valence-electron chi connectivity index (χ3n) is 4.68. The van der Waals surface area contributed by atoms with Gasteiger partial charge in [-0.1, -0.05) is 30.3 Å². The van der Waals surface area contributed by atoms with E-state index in [2.05, 4.69) is 10.3 Å². The Morgan fingerprint density at radius 2 is 2.00 bits per heavy atom. The van der Waals surface area contributed by atoms with Gasteiger partial charge in [0.05, 0.1) is 25.5 Å². The zero-order valence-electron chi connectivity index (χ0n) is 17.0. The predicted octanol–water partition coefficient (Wildman–Crippen LogP) is 4.68. The van der Waals surface area contributed by atoms with Gasteiger partial charge < -0.3 is 13.9 Å². The zero-order chi connectivity index (χ0) is 21.8. The molecule has 2 aromatic heterocycles. The Bertz CT molecular complexity index is 1220. The lowest BCUT2D eigenvalue weighted by Crippen LogP contribution is -2.30. The number of aromatic nitrogens is 1. The van der Waals surface area contributed by atoms with Crippen molar-refractivity contribution in [3.05, 3.63) is 65.7 Å². The molecular weight excluding hydrogens is 416 g/mol. The molecule has 0 aliphatic carbocycles. The van der Waals surface area contributed by atoms with Crippen LogP contribution in [0.25, 0.3) is 22.2 Å². The normalized spacial score (nSPS) is 11.8. The van der Waals surface area contributed by atoms with Gasteiger partial charge in [0.1, 0.15) is 11.3 Å². The second-order valence-corrected chi connectivity index (χ2v) is 7.68. The SMILES string of the molecule is COc1ccc2c(CC(=O)O[C@@H](C)C(=O)Nc3nc(-c4ccccc4)cs3)coc2c1. The van der Waals surface area contributed by atoms with E-state index in [9.17, 15) is 9.59 Å². The van der Waals surface area contributed by atoms with Crippen LogP contribution in [0.4, 0.5) is 5.13 Å². The van der Waals surface area contributed by atoms with Crippen molar-refractivity contribution in [3.63, 3.8) is 0 Å². The third kappa shape index (κ3) is 4.75. The summed E-state index contributed by atoms with van der Waals surface area (Å²) in [6.45, 7) is 1.53. The first-order valence-electron chi connectivity index (χ1n) is 9.59. The van der Waals surface area contributed by atoms with Crippen LogP contribution in [0.15, 0.2) is 64.6 Å². The fraction of sp³-hybridized carbons (Fsp3) is 0.174. The predicted molar refractivity (Wildman–Crippen MR) is 118 cm³/mol. The highest BCUT2D eigenvalue weighted by Gasteiger charge is 2.20. The van der Waals surface area contributed by atoms with Crippen LogP contribution in [-0.2, 0) is 20.7 Å². The Labute approximate surface area is 182 Å². The number of fused-ring (bicyclic) bond motifs is 1. The van der Waals surface area contributed by atoms with Crippen molar-refractivity contribution in [3.8, 4) is 17.0 Å². The number of hydrogen-bond donors (Lipinski definition) is 1. The molecule has 0 fully saturated rings. The second kappa shape index (κ2) is 9.01. The van der Waals surface area contributed by atoms with Crippen LogP contribution in [0.5, 0.6) is 5.75 Å². The summed E-state index contributed by atoms with van der Waals surface area (Å²) in [4.78, 5) is 29.2. The summed E-state index contributed by atoms with van der Waals surface area (Å²) >= 11 is 1.31. The number of nitrogens with one attached hydrogen (secondary N) is 1. The molecule has 4 aromatic rings. The highest BCUT2D eigenvalue weighted by atomic mass is 32.1. The molecule has 0 saturated heterocycles. The summed E-state index contributed by atoms with van der Waals surface area (Å²) < 4.78 is 16.0. The minimum atomic E-state index is -0.963. The molecule has 2 aromatic carbocycles. The van der Waals surface area contributed by atoms with Gasteiger partial charge in [0, 0.05) is 28.0 Å². The van der Waals surface area contributed by atoms with Gasteiger partial charge in [0.2, 0.25) is 0 Å². The Balaban J connectivity index is 1.35. The smallest absolute Gasteiger partial charge is 0.311 e. The van der Waals surface area contributed by atoms with Gasteiger partial charge in [-0.3, -0.25) is 14.9 Å². The molecule has 0 spiro atoms. The van der Waals surface area contributed by atoms with Crippen LogP contribution in [0, 0.1) is 0 Å². The summed E-state index contributed by atoms with van der Waals surface area (Å²) in [7, 11) is 1.57. The molecule has 0 saturated carbocycles. The van der Waals surface area contributed by atoms with E-state index in [-0.39, 0.29) is 6.42 Å². The van der Waals surface area contributed by atoms with Crippen molar-refractivity contribution in [2.24, 2.45) is 0 Å². The van der Waals surface area contributed by atoms with E-state index in [1.54, 1.807) is 19.2 Å². The summed E-state index contributed by atoms with van der Waals surface area (Å²) in [5.41, 5.74) is 3.03. The number of rotatable bonds is 7. The molecule has 0 unspecified atom stereocenters. The highest BCUT2D eigenvalue weighted by Crippen LogP contribution is 2.27. The third-order valence-corrected chi connectivity index (χ3v) is 5.44. The average molecular weight is 436 g/mol. The molecule has 0 aliphatic rings. The van der Waals surface area contributed by atoms with Gasteiger partial charge in [-0.2, -0.15) is 0 Å². The molecule has 8 heteroatoms. The number of esters is 1. The van der Waals surface area contributed by atoms with Crippen molar-refractivity contribution in [2.45, 2.75) is 19.4 Å². The lowest BCUT2D eigenvalue weighted by Gasteiger charge is -2.12. The van der Waals surface area contributed by atoms with E-state index in [0.29, 0.717) is 22.0 Å². The first-order chi connectivity index (χ1) is 15.0. The Morgan fingerprint density at radius 3 is 2.77 bits per heavy atom. The molecule has 31 heavy (non-hydrogen) atoms. The molecule has 0 radical (unpaired) electrons. The average Bonchev–Trinajstić information content (AvgIpc) is 3.41. The fourth-order valence-corrected chi connectivity index (χ4v) is 3.78. The zero-order valence-corrected chi connectivity index (χ0v) is 17.8. The minimum Gasteiger partial charge on any atom is -0.497 e. The van der Waals surface area contributed by atoms with Gasteiger partial charge >= 0.3 is 5.97 Å². The number of nitrogens with zero attached hydrogens (tertiary/aromatic N) is 1. The lowest BCUT2D eigenvalue weighted by atomic mass is 10.1. The van der Waals surface area contributed by atoms with E-state index < -0.39 is 18.0 Å². The summed E-state index contributed by atoms with van der Waals surface area (Å²) in [6.07, 6.45) is 0.540. The number of furan rings is 1. The molecule has 2 heterocycles. The van der Waals surface area contributed by atoms with Crippen LogP contribution in [0.1, 0.15) is 12.5 Å². The maximum Gasteiger partial charge on any atom is 0.311 e. The highest BCUT2D eigenvalue weighted by molar-refractivity contribution is 7.14. The topological polar surface area (TPSA) is 90.7 Å². The molecule has 1 amide bonds. The summed E-state index contributed by atoms with van der Waals surface area (Å²) in [5, 5.41) is 5.80. The number of thiazole rings is 1. The number of anilines is 1. The molecule has 7 nitrogen and oxygen atoms in total. The van der Waals surface area contributed by atoms with Crippen molar-refractivity contribution in [1.82, 2.24) is 4.98 Å². The van der Waals surface area contributed by atoms with Crippen LogP contribution >= 0.6 is 11.3 Å². The Hall–Kier alpha value is -3.65. The maximum absolute atomic E-state index is 12.4. The molecule has 0 aliphatic heterocycles. The van der Waals surface area contributed by atoms with Gasteiger partial charge in [0.15, 0.2) is 11.2 Å². The van der Waals surface area contributed by atoms with Crippen LogP contribution in [-0.4, -0.2) is 30.1 Å². The second-order valence-electron chi connectivity index (χ2n) is 6.83. The van der Waals surface area contributed by atoms with Crippen molar-refractivity contribution < 1.29 is 23.5 Å². The minimum absolute atomic E-state index is 0.00758. The number of methoxy groups -OCH3 is 1. The quantitative estimate of drug-likeness (QED) is 0.423. The number of ether oxygens (including phenoxy) is 2. The largest absolute Gasteiger partial charge is 0.497 e. The van der Waals surface area contributed by atoms with Crippen molar-refractivity contribution in [2.75, 3.05) is 12.4 Å². The van der Waals surface area contributed by atoms with Crippen LogP contribution < -0.4 is 10.1 Å². The van der Waals surface area contributed by atoms with Crippen LogP contribution in [0.2, 0.25) is 0 Å². The number of carbonyl (C=O) groups excluding carboxylic acids is 2. The molecular formula is C23H20N2O5S. The first-order valence-corrected chi connectivity index (χ1v) is 10.5. The van der Waals surface area contributed by atoms with E-state index in [0.717, 1.165) is 16.6 Å². The number of amides is 1. The van der Waals surface area contributed by atoms with Crippen molar-refractivity contribution >= 4 is 39.3 Å². The maximum atomic E-state index is 12.4. The Kier molecular flexibility index (Phi) is 5.99. The molecule has 4 rings (SSSR count). The lowest BCUT2D eigenvalue weighted by molar-refractivity contribution is -0.152. The number of hydrogen-bond acceptors (Lipinski definition) is 7. The van der Waals surface area contributed by atoms with Gasteiger partial charge in [-0.25, -0.2) is 4.98 Å². The van der Waals surface area contributed by atoms with Gasteiger partial charge in [-0.15, -0.1) is 11.3 Å². The van der Waals surface area contributed by atoms with Crippen LogP contribution in [0.3, 0.4) is 0 Å². The van der Waals surface area contributed by atoms with Gasteiger partial charge in [-0.05, 0) is 19.1 Å². The molecule has 0 bridgehead atoms. The number of carbonyl (C=O) groups is 2. The summed E-state index contributed by atoms with van der Waals surface area (Å²) in [6, 6.07) is 15.0. The summed E-state index contributed by atoms with van der Waals surface area (Å²) in [5.74, 6) is -0.298. The van der Waals surface area contributed by atoms with Gasteiger partial charge in [0.25, 0.3) is 5.91 Å². The molecule has 1 atom stereocenters. The Morgan fingerprint density at radius 1 is 1.19 bits per heavy atom. The monoisotopic (exact) mass is 436 g/mol. The van der Waals surface area contributed by atoms with E-state index >= 15 is 0 Å². The van der Waals surface area contributed by atoms with E-state index in [1.165, 1.54) is 24.5 Å². The first kappa shape index (κ1) is 20.6. The van der Waals surface area contributed by atoms with E-state index in [1.807, 2.05) is 41.8 Å². The molecule has 158 valence electrons. The van der Waals surface area contributed by atoms with E-state index in [4.69, 9.17) is 13.9 Å². The standard InChI is InChI=1S/C23H20N2O5S/c1-14(22(27)25-23-24-19(13-31-23)15-6-4-3-5-7-15)30-21(26)10-16-12-29-20-11-17(28-2)8-9-18(16)20/h3-9,11-14H,10H2,1-2H3,(H,24,25,27)/t14-/m0/s1. The van der Waals surface area contributed by atoms with Crippen molar-refractivity contribution in [1.29, 1.82) is 0 Å². The number of benzene rings is 2.